The molecule has 0 aromatic heterocycles. The normalized spacial score (nSPS) is 10.8. The lowest BCUT2D eigenvalue weighted by molar-refractivity contribution is -0.137. The summed E-state index contributed by atoms with van der Waals surface area (Å²) in [4.78, 5) is 10.3. The molecule has 0 heterocycles. The Kier molecular flexibility index (Phi) is 19.9. The number of aliphatic carboxylic acids is 1. The minimum Gasteiger partial charge on any atom is -0.504 e. The van der Waals surface area contributed by atoms with Gasteiger partial charge in [0.1, 0.15) is 0 Å². The molecule has 0 bridgehead atoms. The number of aromatic hydroxyl groups is 2. The number of hydrogen-bond acceptors (Lipinski definition) is 4. The Hall–Kier alpha value is -2.01. The van der Waals surface area contributed by atoms with Crippen molar-refractivity contribution in [3.63, 3.8) is 0 Å². The van der Waals surface area contributed by atoms with Crippen LogP contribution in [0.1, 0.15) is 102 Å². The van der Waals surface area contributed by atoms with Crippen molar-refractivity contribution in [2.75, 3.05) is 6.54 Å². The first kappa shape index (κ1) is 29.0. The molecule has 1 aromatic rings. The zero-order chi connectivity index (χ0) is 23.2. The molecule has 1 rings (SSSR count). The summed E-state index contributed by atoms with van der Waals surface area (Å²) in [7, 11) is 0. The SMILES string of the molecule is CCCCCCCC/C=C\CCCCCCCC(=O)O.NCCc1ccc(O)c(O)c1. The van der Waals surface area contributed by atoms with Gasteiger partial charge in [0.25, 0.3) is 0 Å². The fourth-order valence-corrected chi connectivity index (χ4v) is 3.24. The van der Waals surface area contributed by atoms with Gasteiger partial charge in [0.2, 0.25) is 0 Å². The van der Waals surface area contributed by atoms with E-state index in [0.717, 1.165) is 18.4 Å². The predicted octanol–water partition coefficient (Wildman–Crippen LogP) is 6.71. The van der Waals surface area contributed by atoms with Gasteiger partial charge in [-0.3, -0.25) is 4.79 Å². The summed E-state index contributed by atoms with van der Waals surface area (Å²) in [6.45, 7) is 2.80. The van der Waals surface area contributed by atoms with Crippen molar-refractivity contribution in [2.24, 2.45) is 5.73 Å². The first-order valence-corrected chi connectivity index (χ1v) is 12.1. The number of carboxylic acids is 1. The van der Waals surface area contributed by atoms with Gasteiger partial charge in [-0.1, -0.05) is 76.5 Å². The van der Waals surface area contributed by atoms with Crippen molar-refractivity contribution in [2.45, 2.75) is 103 Å². The number of carbonyl (C=O) groups is 1. The molecular formula is C26H45NO4. The smallest absolute Gasteiger partial charge is 0.303 e. The molecule has 178 valence electrons. The van der Waals surface area contributed by atoms with Crippen LogP contribution in [0.5, 0.6) is 11.5 Å². The standard InChI is InChI=1S/C18H34O2.C8H11NO2/c1-2-3-4-5-6-7-8-9-10-11-12-13-14-15-16-17-18(19)20;9-4-3-6-1-2-7(10)8(11)5-6/h9-10H,2-8,11-17H2,1H3,(H,19,20);1-2,5,10-11H,3-4,9H2/b10-9-;. The zero-order valence-electron chi connectivity index (χ0n) is 19.5. The third kappa shape index (κ3) is 19.7. The summed E-state index contributed by atoms with van der Waals surface area (Å²) in [5.41, 5.74) is 6.24. The van der Waals surface area contributed by atoms with Crippen molar-refractivity contribution >= 4 is 5.97 Å². The molecule has 0 aliphatic heterocycles. The topological polar surface area (TPSA) is 104 Å². The largest absolute Gasteiger partial charge is 0.504 e. The van der Waals surface area contributed by atoms with Crippen molar-refractivity contribution in [3.05, 3.63) is 35.9 Å². The number of allylic oxidation sites excluding steroid dienone is 2. The van der Waals surface area contributed by atoms with Crippen LogP contribution in [0.3, 0.4) is 0 Å². The van der Waals surface area contributed by atoms with Crippen molar-refractivity contribution in [1.29, 1.82) is 0 Å². The van der Waals surface area contributed by atoms with Gasteiger partial charge < -0.3 is 21.1 Å². The Labute approximate surface area is 189 Å². The number of unbranched alkanes of at least 4 members (excludes halogenated alkanes) is 11. The number of phenols is 2. The summed E-state index contributed by atoms with van der Waals surface area (Å²) in [5.74, 6) is -0.843. The van der Waals surface area contributed by atoms with Crippen LogP contribution in [0.15, 0.2) is 30.4 Å². The number of carboxylic acid groups (broad SMARTS) is 1. The highest BCUT2D eigenvalue weighted by molar-refractivity contribution is 5.66. The maximum Gasteiger partial charge on any atom is 0.303 e. The zero-order valence-corrected chi connectivity index (χ0v) is 19.5. The molecule has 1 aromatic carbocycles. The van der Waals surface area contributed by atoms with Crippen LogP contribution in [-0.2, 0) is 11.2 Å². The van der Waals surface area contributed by atoms with E-state index in [9.17, 15) is 4.79 Å². The molecule has 5 nitrogen and oxygen atoms in total. The highest BCUT2D eigenvalue weighted by Crippen LogP contribution is 2.24. The molecule has 31 heavy (non-hydrogen) atoms. The molecule has 5 heteroatoms. The van der Waals surface area contributed by atoms with Crippen molar-refractivity contribution in [1.82, 2.24) is 0 Å². The van der Waals surface area contributed by atoms with E-state index in [-0.39, 0.29) is 11.5 Å². The maximum atomic E-state index is 10.3. The van der Waals surface area contributed by atoms with Gasteiger partial charge in [-0.25, -0.2) is 0 Å². The highest BCUT2D eigenvalue weighted by atomic mass is 16.4. The lowest BCUT2D eigenvalue weighted by Gasteiger charge is -2.00. The second-order valence-electron chi connectivity index (χ2n) is 8.09. The Morgan fingerprint density at radius 1 is 0.839 bits per heavy atom. The third-order valence-electron chi connectivity index (χ3n) is 5.13. The van der Waals surface area contributed by atoms with Gasteiger partial charge in [0, 0.05) is 6.42 Å². The minimum atomic E-state index is -0.664. The number of rotatable bonds is 17. The van der Waals surface area contributed by atoms with Gasteiger partial charge in [0.15, 0.2) is 11.5 Å². The molecule has 0 saturated heterocycles. The summed E-state index contributed by atoms with van der Waals surface area (Å²) >= 11 is 0. The Bertz CT molecular complexity index is 587. The fourth-order valence-electron chi connectivity index (χ4n) is 3.24. The summed E-state index contributed by atoms with van der Waals surface area (Å²) < 4.78 is 0. The molecule has 0 aliphatic rings. The molecule has 0 atom stereocenters. The van der Waals surface area contributed by atoms with E-state index in [0.29, 0.717) is 19.4 Å². The van der Waals surface area contributed by atoms with Crippen LogP contribution in [0.25, 0.3) is 0 Å². The molecule has 0 amide bonds. The molecule has 0 spiro atoms. The molecule has 5 N–H and O–H groups in total. The monoisotopic (exact) mass is 435 g/mol. The first-order chi connectivity index (χ1) is 15.0. The average molecular weight is 436 g/mol. The highest BCUT2D eigenvalue weighted by Gasteiger charge is 1.98. The lowest BCUT2D eigenvalue weighted by Crippen LogP contribution is -2.02. The van der Waals surface area contributed by atoms with Gasteiger partial charge in [-0.2, -0.15) is 0 Å². The van der Waals surface area contributed by atoms with E-state index in [2.05, 4.69) is 19.1 Å². The van der Waals surface area contributed by atoms with Gasteiger partial charge >= 0.3 is 5.97 Å². The van der Waals surface area contributed by atoms with E-state index in [1.165, 1.54) is 82.8 Å². The number of hydrogen-bond donors (Lipinski definition) is 4. The fraction of sp³-hybridized carbons (Fsp3) is 0.654. The quantitative estimate of drug-likeness (QED) is 0.124. The van der Waals surface area contributed by atoms with Crippen LogP contribution in [0, 0.1) is 0 Å². The predicted molar refractivity (Wildman–Crippen MR) is 130 cm³/mol. The molecule has 0 fully saturated rings. The molecule has 0 unspecified atom stereocenters. The van der Waals surface area contributed by atoms with Crippen molar-refractivity contribution in [3.8, 4) is 11.5 Å². The third-order valence-corrected chi connectivity index (χ3v) is 5.13. The molecule has 0 aliphatic carbocycles. The summed E-state index contributed by atoms with van der Waals surface area (Å²) in [6.07, 6.45) is 22.0. The van der Waals surface area contributed by atoms with Gasteiger partial charge in [-0.05, 0) is 62.8 Å². The van der Waals surface area contributed by atoms with Crippen LogP contribution < -0.4 is 5.73 Å². The van der Waals surface area contributed by atoms with E-state index < -0.39 is 5.97 Å². The van der Waals surface area contributed by atoms with E-state index in [1.807, 2.05) is 0 Å². The Balaban J connectivity index is 0.000000683. The molecule has 0 radical (unpaired) electrons. The first-order valence-electron chi connectivity index (χ1n) is 12.1. The number of benzene rings is 1. The van der Waals surface area contributed by atoms with E-state index in [4.69, 9.17) is 21.1 Å². The van der Waals surface area contributed by atoms with Gasteiger partial charge in [0.05, 0.1) is 0 Å². The maximum absolute atomic E-state index is 10.3. The van der Waals surface area contributed by atoms with Crippen LogP contribution >= 0.6 is 0 Å². The molecular weight excluding hydrogens is 390 g/mol. The van der Waals surface area contributed by atoms with E-state index >= 15 is 0 Å². The molecule has 0 saturated carbocycles. The second-order valence-corrected chi connectivity index (χ2v) is 8.09. The van der Waals surface area contributed by atoms with Crippen LogP contribution in [-0.4, -0.2) is 27.8 Å². The van der Waals surface area contributed by atoms with Crippen LogP contribution in [0.2, 0.25) is 0 Å². The van der Waals surface area contributed by atoms with E-state index in [1.54, 1.807) is 6.07 Å². The van der Waals surface area contributed by atoms with Gasteiger partial charge in [-0.15, -0.1) is 0 Å². The number of phenolic OH excluding ortho intramolecular Hbond substituents is 2. The minimum absolute atomic E-state index is 0.0871. The number of nitrogens with two attached hydrogens (primary N) is 1. The Morgan fingerprint density at radius 2 is 1.39 bits per heavy atom. The lowest BCUT2D eigenvalue weighted by atomic mass is 10.1. The average Bonchev–Trinajstić information content (AvgIpc) is 2.74. The van der Waals surface area contributed by atoms with Crippen LogP contribution in [0.4, 0.5) is 0 Å². The summed E-state index contributed by atoms with van der Waals surface area (Å²) in [5, 5.41) is 26.5. The second kappa shape index (κ2) is 21.2. The van der Waals surface area contributed by atoms with Crippen molar-refractivity contribution < 1.29 is 20.1 Å². The Morgan fingerprint density at radius 3 is 1.90 bits per heavy atom. The summed E-state index contributed by atoms with van der Waals surface area (Å²) in [6, 6.07) is 4.71.